The number of ether oxygens (including phenoxy) is 1. The lowest BCUT2D eigenvalue weighted by molar-refractivity contribution is -0.0461. The van der Waals surface area contributed by atoms with Gasteiger partial charge in [0.2, 0.25) is 0 Å². The monoisotopic (exact) mass is 349 g/mol. The summed E-state index contributed by atoms with van der Waals surface area (Å²) >= 11 is 8.93. The zero-order chi connectivity index (χ0) is 14.0. The average molecular weight is 351 g/mol. The number of hydrogen-bond donors (Lipinski definition) is 0. The van der Waals surface area contributed by atoms with E-state index in [1.807, 2.05) is 0 Å². The van der Waals surface area contributed by atoms with Crippen molar-refractivity contribution in [1.82, 2.24) is 14.5 Å². The summed E-state index contributed by atoms with van der Waals surface area (Å²) < 4.78 is 7.54. The Labute approximate surface area is 125 Å². The smallest absolute Gasteiger partial charge is 0.269 e. The molecule has 1 unspecified atom stereocenters. The summed E-state index contributed by atoms with van der Waals surface area (Å²) in [5.74, 6) is 0. The van der Waals surface area contributed by atoms with Gasteiger partial charge >= 0.3 is 0 Å². The number of rotatable bonds is 3. The molecule has 1 atom stereocenters. The molecule has 1 aromatic rings. The van der Waals surface area contributed by atoms with E-state index in [0.717, 1.165) is 13.1 Å². The van der Waals surface area contributed by atoms with Crippen molar-refractivity contribution in [3.05, 3.63) is 26.3 Å². The molecule has 1 saturated heterocycles. The molecule has 0 spiro atoms. The SMILES string of the molecule is CC(C)N1CCOC(Cn2cnc(Cl)c(Br)c2=O)C1. The van der Waals surface area contributed by atoms with Crippen LogP contribution in [-0.2, 0) is 11.3 Å². The van der Waals surface area contributed by atoms with Crippen molar-refractivity contribution in [2.75, 3.05) is 19.7 Å². The Kier molecular flexibility index (Phi) is 5.00. The highest BCUT2D eigenvalue weighted by molar-refractivity contribution is 9.10. The van der Waals surface area contributed by atoms with E-state index in [4.69, 9.17) is 16.3 Å². The van der Waals surface area contributed by atoms with Crippen molar-refractivity contribution in [2.45, 2.75) is 32.5 Å². The van der Waals surface area contributed by atoms with Crippen LogP contribution in [0.25, 0.3) is 0 Å². The lowest BCUT2D eigenvalue weighted by Crippen LogP contribution is -2.47. The van der Waals surface area contributed by atoms with Crippen molar-refractivity contribution < 1.29 is 4.74 Å². The minimum absolute atomic E-state index is 0.00345. The fourth-order valence-electron chi connectivity index (χ4n) is 2.11. The molecule has 7 heteroatoms. The van der Waals surface area contributed by atoms with E-state index in [1.165, 1.54) is 10.9 Å². The first kappa shape index (κ1) is 15.0. The first-order valence-electron chi connectivity index (χ1n) is 6.25. The van der Waals surface area contributed by atoms with Gasteiger partial charge in [-0.05, 0) is 29.8 Å². The summed E-state index contributed by atoms with van der Waals surface area (Å²) in [5, 5.41) is 0.189. The quantitative estimate of drug-likeness (QED) is 0.780. The van der Waals surface area contributed by atoms with Crippen LogP contribution in [0.3, 0.4) is 0 Å². The lowest BCUT2D eigenvalue weighted by atomic mass is 10.2. The molecule has 1 aliphatic rings. The van der Waals surface area contributed by atoms with E-state index in [0.29, 0.717) is 23.7 Å². The number of hydrogen-bond acceptors (Lipinski definition) is 4. The Morgan fingerprint density at radius 1 is 1.63 bits per heavy atom. The molecule has 0 amide bonds. The van der Waals surface area contributed by atoms with E-state index in [1.54, 1.807) is 0 Å². The highest BCUT2D eigenvalue weighted by Crippen LogP contribution is 2.15. The van der Waals surface area contributed by atoms with Crippen LogP contribution < -0.4 is 5.56 Å². The third kappa shape index (κ3) is 3.56. The van der Waals surface area contributed by atoms with Gasteiger partial charge in [-0.2, -0.15) is 0 Å². The Bertz CT molecular complexity index is 506. The minimum Gasteiger partial charge on any atom is -0.374 e. The van der Waals surface area contributed by atoms with E-state index in [2.05, 4.69) is 39.7 Å². The van der Waals surface area contributed by atoms with Gasteiger partial charge < -0.3 is 4.74 Å². The zero-order valence-electron chi connectivity index (χ0n) is 11.0. The van der Waals surface area contributed by atoms with Gasteiger partial charge in [0.25, 0.3) is 5.56 Å². The van der Waals surface area contributed by atoms with E-state index in [-0.39, 0.29) is 16.8 Å². The molecule has 0 N–H and O–H groups in total. The number of halogens is 2. The van der Waals surface area contributed by atoms with E-state index in [9.17, 15) is 4.79 Å². The molecule has 0 saturated carbocycles. The normalized spacial score (nSPS) is 21.0. The van der Waals surface area contributed by atoms with Crippen LogP contribution >= 0.6 is 27.5 Å². The van der Waals surface area contributed by atoms with Gasteiger partial charge in [-0.15, -0.1) is 0 Å². The number of morpholine rings is 1. The predicted molar refractivity (Wildman–Crippen MR) is 77.7 cm³/mol. The molecule has 1 aromatic heterocycles. The van der Waals surface area contributed by atoms with Crippen LogP contribution in [0.2, 0.25) is 5.15 Å². The molecular formula is C12H17BrClN3O2. The summed E-state index contributed by atoms with van der Waals surface area (Å²) in [4.78, 5) is 18.3. The van der Waals surface area contributed by atoms with Gasteiger partial charge in [-0.3, -0.25) is 14.3 Å². The summed E-state index contributed by atoms with van der Waals surface area (Å²) in [6, 6.07) is 0.484. The predicted octanol–water partition coefficient (Wildman–Crippen LogP) is 1.77. The van der Waals surface area contributed by atoms with Crippen molar-refractivity contribution in [3.8, 4) is 0 Å². The fourth-order valence-corrected chi connectivity index (χ4v) is 2.57. The zero-order valence-corrected chi connectivity index (χ0v) is 13.3. The lowest BCUT2D eigenvalue weighted by Gasteiger charge is -2.35. The molecule has 5 nitrogen and oxygen atoms in total. The van der Waals surface area contributed by atoms with Crippen LogP contribution in [0.1, 0.15) is 13.8 Å². The second-order valence-corrected chi connectivity index (χ2v) is 6.04. The average Bonchev–Trinajstić information content (AvgIpc) is 2.40. The first-order valence-corrected chi connectivity index (χ1v) is 7.42. The maximum absolute atomic E-state index is 12.0. The van der Waals surface area contributed by atoms with E-state index >= 15 is 0 Å². The molecular weight excluding hydrogens is 334 g/mol. The molecule has 1 aliphatic heterocycles. The Balaban J connectivity index is 2.09. The summed E-state index contributed by atoms with van der Waals surface area (Å²) in [6.07, 6.45) is 1.47. The van der Waals surface area contributed by atoms with Crippen LogP contribution in [0, 0.1) is 0 Å². The summed E-state index contributed by atoms with van der Waals surface area (Å²) in [5.41, 5.74) is -0.176. The second kappa shape index (κ2) is 6.35. The van der Waals surface area contributed by atoms with Gasteiger partial charge in [0.1, 0.15) is 4.47 Å². The first-order chi connectivity index (χ1) is 8.99. The third-order valence-electron chi connectivity index (χ3n) is 3.24. The van der Waals surface area contributed by atoms with Crippen molar-refractivity contribution >= 4 is 27.5 Å². The highest BCUT2D eigenvalue weighted by atomic mass is 79.9. The van der Waals surface area contributed by atoms with E-state index < -0.39 is 0 Å². The Hall–Kier alpha value is -0.430. The van der Waals surface area contributed by atoms with Crippen molar-refractivity contribution in [2.24, 2.45) is 0 Å². The maximum Gasteiger partial charge on any atom is 0.269 e. The van der Waals surface area contributed by atoms with Crippen LogP contribution in [-0.4, -0.2) is 46.3 Å². The number of aromatic nitrogens is 2. The molecule has 106 valence electrons. The molecule has 0 aromatic carbocycles. The second-order valence-electron chi connectivity index (χ2n) is 4.89. The minimum atomic E-state index is -0.176. The topological polar surface area (TPSA) is 47.4 Å². The molecule has 2 rings (SSSR count). The van der Waals surface area contributed by atoms with Gasteiger partial charge in [0.15, 0.2) is 5.15 Å². The Morgan fingerprint density at radius 2 is 2.37 bits per heavy atom. The molecule has 0 aliphatic carbocycles. The standard InChI is InChI=1S/C12H17BrClN3O2/c1-8(2)16-3-4-19-9(5-16)6-17-7-15-11(14)10(13)12(17)18/h7-9H,3-6H2,1-2H3. The molecule has 2 heterocycles. The third-order valence-corrected chi connectivity index (χ3v) is 4.47. The van der Waals surface area contributed by atoms with Gasteiger partial charge in [0.05, 0.1) is 25.6 Å². The molecule has 0 radical (unpaired) electrons. The largest absolute Gasteiger partial charge is 0.374 e. The molecule has 19 heavy (non-hydrogen) atoms. The van der Waals surface area contributed by atoms with Crippen molar-refractivity contribution in [3.63, 3.8) is 0 Å². The summed E-state index contributed by atoms with van der Waals surface area (Å²) in [6.45, 7) is 7.27. The van der Waals surface area contributed by atoms with Crippen LogP contribution in [0.15, 0.2) is 15.6 Å². The fraction of sp³-hybridized carbons (Fsp3) is 0.667. The molecule has 1 fully saturated rings. The Morgan fingerprint density at radius 3 is 3.05 bits per heavy atom. The van der Waals surface area contributed by atoms with Gasteiger partial charge in [-0.1, -0.05) is 11.6 Å². The van der Waals surface area contributed by atoms with Crippen LogP contribution in [0.5, 0.6) is 0 Å². The van der Waals surface area contributed by atoms with Gasteiger partial charge in [-0.25, -0.2) is 4.98 Å². The van der Waals surface area contributed by atoms with Gasteiger partial charge in [0, 0.05) is 19.1 Å². The number of nitrogens with zero attached hydrogens (tertiary/aromatic N) is 3. The maximum atomic E-state index is 12.0. The summed E-state index contributed by atoms with van der Waals surface area (Å²) in [7, 11) is 0. The molecule has 0 bridgehead atoms. The van der Waals surface area contributed by atoms with Crippen LogP contribution in [0.4, 0.5) is 0 Å². The highest BCUT2D eigenvalue weighted by Gasteiger charge is 2.23. The van der Waals surface area contributed by atoms with Crippen molar-refractivity contribution in [1.29, 1.82) is 0 Å².